The van der Waals surface area contributed by atoms with E-state index in [9.17, 15) is 102 Å². The summed E-state index contributed by atoms with van der Waals surface area (Å²) in [5, 5.41) is 79.3. The van der Waals surface area contributed by atoms with E-state index in [1.165, 1.54) is 31.3 Å². The van der Waals surface area contributed by atoms with Crippen LogP contribution in [-0.2, 0) is 107 Å². The standard InChI is InChI=1S/C91H134N20O21/c1-47(2)33-60(92)78(118)101-64(35-49(5)6)83(123)108-71(45-112)86(126)98-52(11)77(117)100-63(34-48(3)4)81(121)99-62(30-31-73(93)115)80(120)102-65(36-50(7)8)82(122)103-67(39-56-25-18-15-19-26-56)85(125)110-76(54(13)114)89(129)104-66(38-55-23-16-14-17-24-55)79(119)96-44-74(116)109-75(53(12)113)88(128)105-68(40-57-42-95-61-28-21-20-27-59(57)61)84(124)106-69(37-51(9)10)90(130)111-32-22-29-72(111)87(127)107-70(91(131)132)41-58-43-94-46-97-58/h14-21,23-28,42-43,46-54,60,62-72,75-76,95,112-114H,22,29-41,44-45,92H2,1-13H3,(H2,93,115)(H,94,97)(H,96,119)(H,98,126)(H,99,121)(H,100,117)(H,101,118)(H,102,120)(H,103,122)(H,104,129)(H,105,128)(H,106,124)(H,107,127)(H,108,123)(H,109,116)(H,110,125)(H,131,132)/t52-,53+,54+,60-,62-,63-,64-,65-,66-,67-,68-,69-,70-,71-,72-,75-,76-/m0/s1. The zero-order valence-electron chi connectivity index (χ0n) is 77.1. The maximum atomic E-state index is 14.9. The van der Waals surface area contributed by atoms with Crippen LogP contribution in [0.2, 0.25) is 0 Å². The predicted octanol–water partition coefficient (Wildman–Crippen LogP) is -1.75. The van der Waals surface area contributed by atoms with Gasteiger partial charge < -0.3 is 121 Å². The monoisotopic (exact) mass is 1840 g/mol. The molecular weight excluding hydrogens is 1710 g/mol. The first-order chi connectivity index (χ1) is 62.3. The quantitative estimate of drug-likeness (QED) is 0.0205. The number of fused-ring (bicyclic) bond motifs is 1. The number of nitrogens with one attached hydrogen (secondary N) is 16. The number of amides is 16. The van der Waals surface area contributed by atoms with Gasteiger partial charge in [-0.3, -0.25) is 76.7 Å². The lowest BCUT2D eigenvalue weighted by Crippen LogP contribution is -2.62. The lowest BCUT2D eigenvalue weighted by molar-refractivity contribution is -0.145. The molecule has 0 aliphatic carbocycles. The first-order valence-corrected chi connectivity index (χ1v) is 44.7. The number of aliphatic hydroxyl groups excluding tert-OH is 3. The Balaban J connectivity index is 1.16. The number of carboxylic acids is 1. The third kappa shape index (κ3) is 35.2. The highest BCUT2D eigenvalue weighted by atomic mass is 16.4. The number of aromatic nitrogens is 3. The Kier molecular flexibility index (Phi) is 43.3. The first kappa shape index (κ1) is 108. The van der Waals surface area contributed by atoms with E-state index in [1.807, 2.05) is 13.8 Å². The van der Waals surface area contributed by atoms with Gasteiger partial charge in [-0.25, -0.2) is 9.78 Å². The fourth-order valence-corrected chi connectivity index (χ4v) is 15.0. The topological polar surface area (TPSA) is 639 Å². The first-order valence-electron chi connectivity index (χ1n) is 44.7. The number of aromatic amines is 2. The molecule has 6 rings (SSSR count). The highest BCUT2D eigenvalue weighted by molar-refractivity contribution is 6.01. The summed E-state index contributed by atoms with van der Waals surface area (Å²) in [5.41, 5.74) is 14.2. The SMILES string of the molecule is CC(C)C[C@H](NC(=O)[C@H](C)NC(=O)[C@H](CO)NC(=O)[C@H](CC(C)C)NC(=O)[C@@H](N)CC(C)C)C(=O)N[C@@H](CCC(N)=O)C(=O)N[C@@H](CC(C)C)C(=O)N[C@@H](Cc1ccccc1)C(=O)N[C@H](C(=O)N[C@@H](Cc1ccccc1)C(=O)NCC(=O)N[C@H](C(=O)N[C@@H](Cc1c[nH]c2ccccc12)C(=O)N[C@@H](CC(C)C)C(=O)N1CCC[C@H]1C(=O)N[C@@H](Cc1c[nH]cn1)C(=O)O)[C@@H](C)O)[C@@H](C)O. The van der Waals surface area contributed by atoms with Crippen LogP contribution in [0.1, 0.15) is 170 Å². The van der Waals surface area contributed by atoms with Gasteiger partial charge in [0, 0.05) is 61.9 Å². The number of carboxylic acid groups (broad SMARTS) is 1. The van der Waals surface area contributed by atoms with Crippen molar-refractivity contribution in [3.05, 3.63) is 126 Å². The van der Waals surface area contributed by atoms with E-state index in [4.69, 9.17) is 11.5 Å². The Morgan fingerprint density at radius 3 is 1.39 bits per heavy atom. The molecule has 16 amide bonds. The van der Waals surface area contributed by atoms with Gasteiger partial charge in [0.25, 0.3) is 0 Å². The zero-order chi connectivity index (χ0) is 97.9. The summed E-state index contributed by atoms with van der Waals surface area (Å²) < 4.78 is 0. The molecule has 1 fully saturated rings. The van der Waals surface area contributed by atoms with Crippen LogP contribution in [0.4, 0.5) is 0 Å². The van der Waals surface area contributed by atoms with Crippen molar-refractivity contribution in [2.24, 2.45) is 41.1 Å². The number of rotatable bonds is 54. The molecular formula is C91H134N20O21. The number of aliphatic hydroxyl groups is 3. The van der Waals surface area contributed by atoms with Crippen LogP contribution in [0.15, 0.2) is 104 Å². The molecule has 1 aliphatic heterocycles. The van der Waals surface area contributed by atoms with Gasteiger partial charge in [0.05, 0.1) is 43.4 Å². The van der Waals surface area contributed by atoms with Gasteiger partial charge in [0.15, 0.2) is 0 Å². The maximum absolute atomic E-state index is 14.9. The van der Waals surface area contributed by atoms with Gasteiger partial charge in [0.1, 0.15) is 84.6 Å². The Bertz CT molecular complexity index is 4720. The second kappa shape index (κ2) is 52.9. The zero-order valence-corrected chi connectivity index (χ0v) is 77.1. The van der Waals surface area contributed by atoms with Gasteiger partial charge in [0.2, 0.25) is 94.5 Å². The average molecular weight is 1840 g/mol. The molecule has 3 aromatic carbocycles. The Morgan fingerprint density at radius 2 is 0.879 bits per heavy atom. The van der Waals surface area contributed by atoms with Gasteiger partial charge in [-0.1, -0.05) is 148 Å². The number of hydrogen-bond donors (Lipinski definition) is 22. The molecule has 24 N–H and O–H groups in total. The molecule has 724 valence electrons. The van der Waals surface area contributed by atoms with Crippen molar-refractivity contribution in [1.29, 1.82) is 0 Å². The van der Waals surface area contributed by atoms with Crippen molar-refractivity contribution in [2.75, 3.05) is 19.7 Å². The summed E-state index contributed by atoms with van der Waals surface area (Å²) >= 11 is 0. The van der Waals surface area contributed by atoms with E-state index >= 15 is 0 Å². The third-order valence-electron chi connectivity index (χ3n) is 21.8. The predicted molar refractivity (Wildman–Crippen MR) is 485 cm³/mol. The van der Waals surface area contributed by atoms with E-state index < -0.39 is 229 Å². The molecule has 41 heteroatoms. The Morgan fingerprint density at radius 1 is 0.447 bits per heavy atom. The molecule has 0 radical (unpaired) electrons. The Labute approximate surface area is 767 Å². The van der Waals surface area contributed by atoms with Crippen LogP contribution in [0.3, 0.4) is 0 Å². The smallest absolute Gasteiger partial charge is 0.326 e. The van der Waals surface area contributed by atoms with Crippen LogP contribution in [0.5, 0.6) is 0 Å². The lowest BCUT2D eigenvalue weighted by atomic mass is 9.99. The van der Waals surface area contributed by atoms with E-state index in [2.05, 4.69) is 89.4 Å². The fourth-order valence-electron chi connectivity index (χ4n) is 15.0. The number of carbonyl (C=O) groups is 17. The van der Waals surface area contributed by atoms with Crippen molar-refractivity contribution in [1.82, 2.24) is 94.3 Å². The number of imidazole rings is 1. The summed E-state index contributed by atoms with van der Waals surface area (Å²) in [6.45, 7) is 19.7. The van der Waals surface area contributed by atoms with E-state index in [0.717, 1.165) is 6.92 Å². The lowest BCUT2D eigenvalue weighted by Gasteiger charge is -2.31. The van der Waals surface area contributed by atoms with E-state index in [1.54, 1.807) is 147 Å². The fraction of sp³-hybridized carbons (Fsp3) is 0.560. The maximum Gasteiger partial charge on any atom is 0.326 e. The van der Waals surface area contributed by atoms with Crippen molar-refractivity contribution < 1.29 is 102 Å². The van der Waals surface area contributed by atoms with Crippen LogP contribution < -0.4 is 85.9 Å². The minimum absolute atomic E-state index is 0.0443. The van der Waals surface area contributed by atoms with Crippen LogP contribution in [0.25, 0.3) is 10.9 Å². The molecule has 3 heterocycles. The highest BCUT2D eigenvalue weighted by Crippen LogP contribution is 2.24. The van der Waals surface area contributed by atoms with Gasteiger partial charge >= 0.3 is 5.97 Å². The number of nitrogens with zero attached hydrogens (tertiary/aromatic N) is 2. The third-order valence-corrected chi connectivity index (χ3v) is 21.8. The highest BCUT2D eigenvalue weighted by Gasteiger charge is 2.43. The Hall–Kier alpha value is -12.8. The van der Waals surface area contributed by atoms with Crippen molar-refractivity contribution in [3.8, 4) is 0 Å². The molecule has 0 unspecified atom stereocenters. The van der Waals surface area contributed by atoms with Crippen LogP contribution in [0, 0.1) is 29.6 Å². The summed E-state index contributed by atoms with van der Waals surface area (Å²) in [5.74, 6) is -17.1. The second-order valence-corrected chi connectivity index (χ2v) is 35.7. The number of primary amides is 1. The van der Waals surface area contributed by atoms with Crippen molar-refractivity contribution in [2.45, 2.75) is 276 Å². The number of H-pyrrole nitrogens is 2. The number of likely N-dealkylation sites (tertiary alicyclic amines) is 1. The molecule has 0 spiro atoms. The van der Waals surface area contributed by atoms with Crippen LogP contribution in [-0.4, -0.2) is 263 Å². The van der Waals surface area contributed by atoms with E-state index in [0.29, 0.717) is 46.1 Å². The molecule has 1 aliphatic rings. The second-order valence-electron chi connectivity index (χ2n) is 35.7. The molecule has 5 aromatic rings. The number of benzene rings is 3. The van der Waals surface area contributed by atoms with Crippen molar-refractivity contribution >= 4 is 111 Å². The number of aliphatic carboxylic acids is 1. The van der Waals surface area contributed by atoms with Crippen molar-refractivity contribution in [3.63, 3.8) is 0 Å². The molecule has 132 heavy (non-hydrogen) atoms. The molecule has 0 saturated carbocycles. The van der Waals surface area contributed by atoms with Gasteiger partial charge in [-0.15, -0.1) is 0 Å². The molecule has 41 nitrogen and oxygen atoms in total. The number of para-hydroxylation sites is 1. The molecule has 17 atom stereocenters. The number of carbonyl (C=O) groups excluding carboxylic acids is 16. The largest absolute Gasteiger partial charge is 0.480 e. The normalized spacial score (nSPS) is 16.3. The number of hydrogen-bond acceptors (Lipinski definition) is 22. The summed E-state index contributed by atoms with van der Waals surface area (Å²) in [6, 6.07) is 1.55. The summed E-state index contributed by atoms with van der Waals surface area (Å²) in [4.78, 5) is 250. The molecule has 0 bridgehead atoms. The minimum atomic E-state index is -1.90. The minimum Gasteiger partial charge on any atom is -0.480 e. The van der Waals surface area contributed by atoms with Gasteiger partial charge in [-0.2, -0.15) is 0 Å². The number of nitrogens with two attached hydrogens (primary N) is 2. The summed E-state index contributed by atoms with van der Waals surface area (Å²) in [7, 11) is 0. The van der Waals surface area contributed by atoms with E-state index in [-0.39, 0.29) is 93.9 Å². The van der Waals surface area contributed by atoms with Gasteiger partial charge in [-0.05, 0) is 124 Å². The molecule has 2 aromatic heterocycles. The summed E-state index contributed by atoms with van der Waals surface area (Å²) in [6.07, 6.45) is 0.0785. The molecule has 1 saturated heterocycles. The van der Waals surface area contributed by atoms with Crippen LogP contribution >= 0.6 is 0 Å². The average Bonchev–Trinajstić information content (AvgIpc) is 1.66.